The molecule has 0 fully saturated rings. The van der Waals surface area contributed by atoms with E-state index in [4.69, 9.17) is 5.26 Å². The monoisotopic (exact) mass is 412 g/mol. The Bertz CT molecular complexity index is 1140. The van der Waals surface area contributed by atoms with Gasteiger partial charge >= 0.3 is 0 Å². The summed E-state index contributed by atoms with van der Waals surface area (Å²) in [6, 6.07) is 8.15. The van der Waals surface area contributed by atoms with Crippen LogP contribution in [-0.2, 0) is 11.8 Å². The molecule has 144 valence electrons. The number of carbonyl (C=O) groups is 1. The third-order valence-corrected chi connectivity index (χ3v) is 6.39. The number of nitriles is 1. The maximum absolute atomic E-state index is 13.0. The molecule has 0 bridgehead atoms. The molecular formula is C20H20N4O2S2. The maximum atomic E-state index is 13.0. The second kappa shape index (κ2) is 8.59. The van der Waals surface area contributed by atoms with Crippen molar-refractivity contribution < 1.29 is 4.79 Å². The Kier molecular flexibility index (Phi) is 6.17. The first-order chi connectivity index (χ1) is 13.4. The van der Waals surface area contributed by atoms with E-state index in [1.165, 1.54) is 38.8 Å². The van der Waals surface area contributed by atoms with Crippen LogP contribution in [-0.4, -0.2) is 27.8 Å². The number of benzene rings is 1. The van der Waals surface area contributed by atoms with E-state index in [1.54, 1.807) is 7.05 Å². The van der Waals surface area contributed by atoms with Crippen molar-refractivity contribution in [1.82, 2.24) is 14.9 Å². The summed E-state index contributed by atoms with van der Waals surface area (Å²) >= 11 is 2.65. The molecule has 2 aromatic heterocycles. The van der Waals surface area contributed by atoms with Gasteiger partial charge in [-0.15, -0.1) is 11.3 Å². The third kappa shape index (κ3) is 4.11. The molecule has 0 aliphatic carbocycles. The molecule has 0 aliphatic rings. The average molecular weight is 413 g/mol. The minimum Gasteiger partial charge on any atom is -0.354 e. The van der Waals surface area contributed by atoms with Gasteiger partial charge in [0, 0.05) is 24.5 Å². The highest BCUT2D eigenvalue weighted by Gasteiger charge is 2.16. The van der Waals surface area contributed by atoms with Crippen LogP contribution < -0.4 is 10.9 Å². The molecule has 0 atom stereocenters. The molecule has 0 radical (unpaired) electrons. The minimum absolute atomic E-state index is 0.119. The summed E-state index contributed by atoms with van der Waals surface area (Å²) in [5, 5.41) is 14.3. The zero-order valence-corrected chi connectivity index (χ0v) is 17.5. The van der Waals surface area contributed by atoms with Crippen molar-refractivity contribution in [3.63, 3.8) is 0 Å². The summed E-state index contributed by atoms with van der Waals surface area (Å²) in [4.78, 5) is 30.1. The molecule has 1 amide bonds. The number of aromatic nitrogens is 2. The van der Waals surface area contributed by atoms with Gasteiger partial charge in [0.2, 0.25) is 5.91 Å². The molecule has 8 heteroatoms. The number of nitrogens with zero attached hydrogens (tertiary/aromatic N) is 3. The number of fused-ring (bicyclic) bond motifs is 1. The normalized spacial score (nSPS) is 10.8. The lowest BCUT2D eigenvalue weighted by Crippen LogP contribution is -2.26. The fraction of sp³-hybridized carbons (Fsp3) is 0.300. The average Bonchev–Trinajstić information content (AvgIpc) is 3.10. The highest BCUT2D eigenvalue weighted by Crippen LogP contribution is 2.32. The predicted octanol–water partition coefficient (Wildman–Crippen LogP) is 3.40. The summed E-state index contributed by atoms with van der Waals surface area (Å²) in [7, 11) is 1.67. The van der Waals surface area contributed by atoms with Gasteiger partial charge in [-0.1, -0.05) is 30.0 Å². The second-order valence-electron chi connectivity index (χ2n) is 6.43. The summed E-state index contributed by atoms with van der Waals surface area (Å²) in [5.41, 5.74) is 4.16. The number of nitrogens with one attached hydrogen (secondary N) is 1. The van der Waals surface area contributed by atoms with Gasteiger partial charge in [0.05, 0.1) is 23.6 Å². The lowest BCUT2D eigenvalue weighted by Gasteiger charge is -2.08. The molecular weight excluding hydrogens is 392 g/mol. The van der Waals surface area contributed by atoms with Crippen LogP contribution in [0.2, 0.25) is 0 Å². The van der Waals surface area contributed by atoms with Crippen molar-refractivity contribution >= 4 is 39.2 Å². The first kappa shape index (κ1) is 20.1. The Morgan fingerprint density at radius 3 is 2.86 bits per heavy atom. The molecule has 0 spiro atoms. The van der Waals surface area contributed by atoms with Crippen LogP contribution >= 0.6 is 23.1 Å². The molecule has 3 rings (SSSR count). The van der Waals surface area contributed by atoms with Gasteiger partial charge in [-0.2, -0.15) is 5.26 Å². The predicted molar refractivity (Wildman–Crippen MR) is 114 cm³/mol. The number of rotatable bonds is 6. The Labute approximate surface area is 171 Å². The molecule has 0 unspecified atom stereocenters. The zero-order chi connectivity index (χ0) is 20.3. The van der Waals surface area contributed by atoms with E-state index in [0.717, 1.165) is 11.1 Å². The molecule has 1 aromatic carbocycles. The molecule has 28 heavy (non-hydrogen) atoms. The largest absolute Gasteiger partial charge is 0.354 e. The van der Waals surface area contributed by atoms with Crippen LogP contribution in [0.4, 0.5) is 0 Å². The van der Waals surface area contributed by atoms with Gasteiger partial charge in [-0.25, -0.2) is 4.98 Å². The zero-order valence-electron chi connectivity index (χ0n) is 15.9. The Morgan fingerprint density at radius 1 is 1.36 bits per heavy atom. The van der Waals surface area contributed by atoms with E-state index in [-0.39, 0.29) is 23.6 Å². The van der Waals surface area contributed by atoms with Crippen LogP contribution in [0.25, 0.3) is 21.3 Å². The van der Waals surface area contributed by atoms with Crippen molar-refractivity contribution in [2.45, 2.75) is 25.4 Å². The molecule has 2 heterocycles. The van der Waals surface area contributed by atoms with E-state index in [9.17, 15) is 9.59 Å². The number of hydrogen-bond donors (Lipinski definition) is 1. The van der Waals surface area contributed by atoms with Gasteiger partial charge < -0.3 is 5.32 Å². The van der Waals surface area contributed by atoms with Crippen LogP contribution in [0.5, 0.6) is 0 Å². The Morgan fingerprint density at radius 2 is 2.14 bits per heavy atom. The van der Waals surface area contributed by atoms with Crippen molar-refractivity contribution in [3.05, 3.63) is 45.1 Å². The van der Waals surface area contributed by atoms with E-state index in [1.807, 2.05) is 17.5 Å². The smallest absolute Gasteiger partial charge is 0.263 e. The van der Waals surface area contributed by atoms with Crippen LogP contribution in [0.3, 0.4) is 0 Å². The molecule has 3 aromatic rings. The first-order valence-electron chi connectivity index (χ1n) is 8.74. The SMILES string of the molecule is Cc1ccc(-c2csc3nc(SCC(=O)NCCC#N)n(C)c(=O)c23)cc1C. The summed E-state index contributed by atoms with van der Waals surface area (Å²) < 4.78 is 1.49. The number of thioether (sulfide) groups is 1. The third-order valence-electron chi connectivity index (χ3n) is 4.48. The van der Waals surface area contributed by atoms with Crippen molar-refractivity contribution in [2.75, 3.05) is 12.3 Å². The molecule has 0 saturated carbocycles. The summed E-state index contributed by atoms with van der Waals surface area (Å²) in [6.07, 6.45) is 0.273. The van der Waals surface area contributed by atoms with Gasteiger partial charge in [0.25, 0.3) is 5.56 Å². The van der Waals surface area contributed by atoms with Gasteiger partial charge in [0.15, 0.2) is 5.16 Å². The number of aryl methyl sites for hydroxylation is 2. The Balaban J connectivity index is 1.90. The fourth-order valence-electron chi connectivity index (χ4n) is 2.74. The van der Waals surface area contributed by atoms with E-state index < -0.39 is 0 Å². The topological polar surface area (TPSA) is 87.8 Å². The van der Waals surface area contributed by atoms with Crippen LogP contribution in [0.1, 0.15) is 17.5 Å². The number of hydrogen-bond acceptors (Lipinski definition) is 6. The highest BCUT2D eigenvalue weighted by atomic mass is 32.2. The number of thiophene rings is 1. The van der Waals surface area contributed by atoms with Crippen LogP contribution in [0, 0.1) is 25.2 Å². The van der Waals surface area contributed by atoms with Crippen molar-refractivity contribution in [2.24, 2.45) is 7.05 Å². The van der Waals surface area contributed by atoms with E-state index in [0.29, 0.717) is 21.9 Å². The summed E-state index contributed by atoms with van der Waals surface area (Å²) in [5.74, 6) is -0.0383. The quantitative estimate of drug-likeness (QED) is 0.381. The lowest BCUT2D eigenvalue weighted by atomic mass is 10.0. The standard InChI is InChI=1S/C20H20N4O2S2/c1-12-5-6-14(9-13(12)2)15-10-27-18-17(15)19(26)24(3)20(23-18)28-11-16(25)22-8-4-7-21/h5-6,9-10H,4,8,11H2,1-3H3,(H,22,25). The van der Waals surface area contributed by atoms with E-state index >= 15 is 0 Å². The fourth-order valence-corrected chi connectivity index (χ4v) is 4.53. The first-order valence-corrected chi connectivity index (χ1v) is 10.6. The number of carbonyl (C=O) groups excluding carboxylic acids is 1. The number of amides is 1. The molecule has 1 N–H and O–H groups in total. The van der Waals surface area contributed by atoms with Crippen molar-refractivity contribution in [3.8, 4) is 17.2 Å². The molecule has 6 nitrogen and oxygen atoms in total. The Hall–Kier alpha value is -2.63. The second-order valence-corrected chi connectivity index (χ2v) is 8.23. The van der Waals surface area contributed by atoms with E-state index in [2.05, 4.69) is 36.3 Å². The molecule has 0 aliphatic heterocycles. The van der Waals surface area contributed by atoms with Crippen LogP contribution in [0.15, 0.2) is 33.5 Å². The van der Waals surface area contributed by atoms with Gasteiger partial charge in [-0.3, -0.25) is 14.2 Å². The van der Waals surface area contributed by atoms with Gasteiger partial charge in [-0.05, 0) is 30.5 Å². The lowest BCUT2D eigenvalue weighted by molar-refractivity contribution is -0.118. The molecule has 0 saturated heterocycles. The summed E-state index contributed by atoms with van der Waals surface area (Å²) in [6.45, 7) is 4.44. The minimum atomic E-state index is -0.184. The van der Waals surface area contributed by atoms with Gasteiger partial charge in [0.1, 0.15) is 4.83 Å². The van der Waals surface area contributed by atoms with Crippen molar-refractivity contribution in [1.29, 1.82) is 5.26 Å². The highest BCUT2D eigenvalue weighted by molar-refractivity contribution is 7.99. The maximum Gasteiger partial charge on any atom is 0.263 e.